The number of rotatable bonds is 3. The number of aromatic nitrogens is 5. The first-order valence-corrected chi connectivity index (χ1v) is 8.27. The lowest BCUT2D eigenvalue weighted by Gasteiger charge is -2.44. The molecule has 3 aromatic heterocycles. The molecule has 1 aliphatic carbocycles. The lowest BCUT2D eigenvalue weighted by molar-refractivity contribution is -0.208. The molecule has 0 aliphatic heterocycles. The standard InChI is InChI=1S/C15H13B4N5O4/c16-12(25)9(13(26,27)14(17,18)15(12,19)28)5-24-4-7(3-23-24)10-8-1-2-20-11(8)22-6-21-10/h1-4,6,9,25-28H,5H2,(H,20,21,22). The molecular formula is C15H13B4N5O4. The van der Waals surface area contributed by atoms with E-state index in [0.29, 0.717) is 16.9 Å². The van der Waals surface area contributed by atoms with Crippen LogP contribution in [0.1, 0.15) is 0 Å². The van der Waals surface area contributed by atoms with Gasteiger partial charge in [0.15, 0.2) is 5.79 Å². The number of hydrogen-bond donors (Lipinski definition) is 5. The van der Waals surface area contributed by atoms with Crippen LogP contribution in [0.5, 0.6) is 0 Å². The van der Waals surface area contributed by atoms with Crippen molar-refractivity contribution in [3.05, 3.63) is 31.0 Å². The second-order valence-corrected chi connectivity index (χ2v) is 7.15. The molecule has 13 heteroatoms. The molecule has 134 valence electrons. The SMILES string of the molecule is [B]C1(O)C(Cn2cc(-c3ncnc4[nH]ccc34)cn2)C(O)(O)C([B])([B])C1([B])O. The molecule has 5 N–H and O–H groups in total. The average Bonchev–Trinajstić information content (AvgIpc) is 3.28. The van der Waals surface area contributed by atoms with Gasteiger partial charge in [0.1, 0.15) is 27.7 Å². The minimum absolute atomic E-state index is 0.364. The second kappa shape index (κ2) is 5.73. The summed E-state index contributed by atoms with van der Waals surface area (Å²) in [5, 5.41) is 43.8. The molecule has 0 saturated heterocycles. The third kappa shape index (κ3) is 2.30. The topological polar surface area (TPSA) is 140 Å². The molecule has 28 heavy (non-hydrogen) atoms. The van der Waals surface area contributed by atoms with Gasteiger partial charge in [0.2, 0.25) is 0 Å². The van der Waals surface area contributed by atoms with Crippen molar-refractivity contribution in [2.24, 2.45) is 5.92 Å². The minimum atomic E-state index is -3.01. The van der Waals surface area contributed by atoms with E-state index in [2.05, 4.69) is 20.1 Å². The van der Waals surface area contributed by atoms with Gasteiger partial charge in [0.05, 0.1) is 45.5 Å². The Morgan fingerprint density at radius 2 is 1.82 bits per heavy atom. The number of fused-ring (bicyclic) bond motifs is 1. The molecular weight excluding hydrogens is 357 g/mol. The van der Waals surface area contributed by atoms with E-state index in [1.807, 2.05) is 0 Å². The summed E-state index contributed by atoms with van der Waals surface area (Å²) in [6.07, 6.45) is 6.14. The molecule has 9 nitrogen and oxygen atoms in total. The number of aliphatic hydroxyl groups is 4. The maximum Gasteiger partial charge on any atom is 0.161 e. The van der Waals surface area contributed by atoms with E-state index in [0.717, 1.165) is 5.39 Å². The van der Waals surface area contributed by atoms with E-state index in [1.165, 1.54) is 17.2 Å². The van der Waals surface area contributed by atoms with Crippen molar-refractivity contribution < 1.29 is 20.4 Å². The highest BCUT2D eigenvalue weighted by Crippen LogP contribution is 2.59. The minimum Gasteiger partial charge on any atom is -0.398 e. The molecule has 4 rings (SSSR count). The third-order valence-corrected chi connectivity index (χ3v) is 5.50. The molecule has 1 saturated carbocycles. The van der Waals surface area contributed by atoms with Crippen molar-refractivity contribution in [1.29, 1.82) is 0 Å². The third-order valence-electron chi connectivity index (χ3n) is 5.50. The van der Waals surface area contributed by atoms with Crippen molar-refractivity contribution in [2.45, 2.75) is 28.5 Å². The van der Waals surface area contributed by atoms with E-state index in [1.54, 1.807) is 18.5 Å². The Morgan fingerprint density at radius 1 is 1.11 bits per heavy atom. The van der Waals surface area contributed by atoms with Crippen molar-refractivity contribution in [1.82, 2.24) is 24.7 Å². The van der Waals surface area contributed by atoms with Gasteiger partial charge in [0, 0.05) is 28.8 Å². The van der Waals surface area contributed by atoms with Crippen LogP contribution >= 0.6 is 0 Å². The predicted octanol–water partition coefficient (Wildman–Crippen LogP) is -2.70. The van der Waals surface area contributed by atoms with Crippen LogP contribution in [0.4, 0.5) is 0 Å². The van der Waals surface area contributed by atoms with Gasteiger partial charge in [-0.25, -0.2) is 9.97 Å². The fourth-order valence-electron chi connectivity index (χ4n) is 3.61. The van der Waals surface area contributed by atoms with Crippen molar-refractivity contribution >= 4 is 42.4 Å². The summed E-state index contributed by atoms with van der Waals surface area (Å²) in [6, 6.07) is 1.80. The molecule has 0 bridgehead atoms. The predicted molar refractivity (Wildman–Crippen MR) is 101 cm³/mol. The van der Waals surface area contributed by atoms with E-state index in [-0.39, 0.29) is 6.54 Å². The van der Waals surface area contributed by atoms with Gasteiger partial charge in [-0.3, -0.25) is 4.68 Å². The molecule has 3 unspecified atom stereocenters. The van der Waals surface area contributed by atoms with Crippen LogP contribution in [0, 0.1) is 5.92 Å². The van der Waals surface area contributed by atoms with E-state index in [9.17, 15) is 20.4 Å². The smallest absolute Gasteiger partial charge is 0.161 e. The quantitative estimate of drug-likeness (QED) is 0.250. The number of nitrogens with zero attached hydrogens (tertiary/aromatic N) is 4. The van der Waals surface area contributed by atoms with Gasteiger partial charge in [-0.15, -0.1) is 0 Å². The highest BCUT2D eigenvalue weighted by atomic mass is 16.5. The Kier molecular flexibility index (Phi) is 3.94. The molecule has 3 atom stereocenters. The number of aromatic amines is 1. The zero-order valence-corrected chi connectivity index (χ0v) is 14.6. The Labute approximate surface area is 164 Å². The van der Waals surface area contributed by atoms with E-state index < -0.39 is 27.9 Å². The monoisotopic (exact) mass is 371 g/mol. The van der Waals surface area contributed by atoms with Gasteiger partial charge in [-0.1, -0.05) is 0 Å². The van der Waals surface area contributed by atoms with Crippen LogP contribution < -0.4 is 0 Å². The molecule has 0 aromatic carbocycles. The lowest BCUT2D eigenvalue weighted by Crippen LogP contribution is -2.60. The summed E-state index contributed by atoms with van der Waals surface area (Å²) >= 11 is 0. The highest BCUT2D eigenvalue weighted by molar-refractivity contribution is 6.48. The average molecular weight is 371 g/mol. The van der Waals surface area contributed by atoms with Gasteiger partial charge < -0.3 is 25.4 Å². The Hall–Kier alpha value is -2.07. The van der Waals surface area contributed by atoms with Crippen molar-refractivity contribution in [2.75, 3.05) is 0 Å². The first kappa shape index (κ1) is 19.3. The van der Waals surface area contributed by atoms with Crippen LogP contribution in [0.2, 0.25) is 5.21 Å². The number of H-pyrrole nitrogens is 1. The molecule has 0 spiro atoms. The Morgan fingerprint density at radius 3 is 2.46 bits per heavy atom. The summed E-state index contributed by atoms with van der Waals surface area (Å²) in [5.41, 5.74) is -3.79. The summed E-state index contributed by atoms with van der Waals surface area (Å²) in [6.45, 7) is -0.364. The van der Waals surface area contributed by atoms with Crippen molar-refractivity contribution in [3.8, 4) is 11.3 Å². The molecule has 1 fully saturated rings. The van der Waals surface area contributed by atoms with Crippen LogP contribution in [-0.2, 0) is 6.54 Å². The number of nitrogens with one attached hydrogen (secondary N) is 1. The van der Waals surface area contributed by atoms with Gasteiger partial charge in [-0.05, 0) is 11.3 Å². The zero-order valence-electron chi connectivity index (χ0n) is 14.6. The lowest BCUT2D eigenvalue weighted by atomic mass is 9.38. The second-order valence-electron chi connectivity index (χ2n) is 7.15. The first-order chi connectivity index (χ1) is 12.9. The molecule has 3 aromatic rings. The normalized spacial score (nSPS) is 31.4. The van der Waals surface area contributed by atoms with Crippen LogP contribution in [0.3, 0.4) is 0 Å². The Balaban J connectivity index is 1.70. The van der Waals surface area contributed by atoms with Gasteiger partial charge >= 0.3 is 0 Å². The van der Waals surface area contributed by atoms with E-state index >= 15 is 0 Å². The van der Waals surface area contributed by atoms with Crippen LogP contribution in [-0.4, -0.2) is 93.3 Å². The molecule has 1 aliphatic rings. The molecule has 8 radical (unpaired) electrons. The first-order valence-electron chi connectivity index (χ1n) is 8.27. The molecule has 0 amide bonds. The fraction of sp³-hybridized carbons (Fsp3) is 0.400. The van der Waals surface area contributed by atoms with Crippen LogP contribution in [0.15, 0.2) is 31.0 Å². The maximum atomic E-state index is 10.5. The van der Waals surface area contributed by atoms with Gasteiger partial charge in [0.25, 0.3) is 0 Å². The van der Waals surface area contributed by atoms with Gasteiger partial charge in [-0.2, -0.15) is 5.10 Å². The van der Waals surface area contributed by atoms with Crippen molar-refractivity contribution in [3.63, 3.8) is 0 Å². The molecule has 3 heterocycles. The van der Waals surface area contributed by atoms with E-state index in [4.69, 9.17) is 31.4 Å². The highest BCUT2D eigenvalue weighted by Gasteiger charge is 2.72. The Bertz CT molecular complexity index is 1020. The summed E-state index contributed by atoms with van der Waals surface area (Å²) in [4.78, 5) is 11.3. The van der Waals surface area contributed by atoms with Crippen LogP contribution in [0.25, 0.3) is 22.3 Å². The maximum absolute atomic E-state index is 10.5. The fourth-order valence-corrected chi connectivity index (χ4v) is 3.61. The zero-order chi connectivity index (χ0) is 20.5. The summed E-state index contributed by atoms with van der Waals surface area (Å²) in [5.74, 6) is -4.68. The summed E-state index contributed by atoms with van der Waals surface area (Å²) in [7, 11) is 22.5. The number of hydrogen-bond acceptors (Lipinski definition) is 7. The summed E-state index contributed by atoms with van der Waals surface area (Å²) < 4.78 is 1.27. The largest absolute Gasteiger partial charge is 0.398 e.